The zero-order chi connectivity index (χ0) is 15.8. The van der Waals surface area contributed by atoms with Crippen LogP contribution in [0.5, 0.6) is 11.5 Å². The van der Waals surface area contributed by atoms with Crippen LogP contribution in [-0.2, 0) is 11.2 Å². The van der Waals surface area contributed by atoms with Crippen molar-refractivity contribution >= 4 is 11.9 Å². The molecular formula is C15H14O6. The fourth-order valence-electron chi connectivity index (χ4n) is 1.39. The molecular weight excluding hydrogens is 276 g/mol. The van der Waals surface area contributed by atoms with E-state index in [1.165, 1.54) is 36.4 Å². The van der Waals surface area contributed by atoms with Gasteiger partial charge >= 0.3 is 11.9 Å². The molecule has 2 aromatic rings. The number of carboxylic acid groups (broad SMARTS) is 2. The summed E-state index contributed by atoms with van der Waals surface area (Å²) in [5, 5.41) is 34.4. The molecule has 4 N–H and O–H groups in total. The molecule has 0 bridgehead atoms. The van der Waals surface area contributed by atoms with Gasteiger partial charge in [-0.2, -0.15) is 0 Å². The van der Waals surface area contributed by atoms with E-state index >= 15 is 0 Å². The molecule has 2 aromatic carbocycles. The van der Waals surface area contributed by atoms with E-state index < -0.39 is 11.9 Å². The Labute approximate surface area is 120 Å². The maximum absolute atomic E-state index is 10.2. The lowest BCUT2D eigenvalue weighted by molar-refractivity contribution is -0.136. The number of hydrogen-bond donors (Lipinski definition) is 4. The van der Waals surface area contributed by atoms with Gasteiger partial charge in [0.05, 0.1) is 12.0 Å². The van der Waals surface area contributed by atoms with E-state index in [4.69, 9.17) is 20.4 Å². The summed E-state index contributed by atoms with van der Waals surface area (Å²) in [5.74, 6) is -1.63. The van der Waals surface area contributed by atoms with Gasteiger partial charge in [-0.05, 0) is 42.0 Å². The molecule has 0 aliphatic rings. The summed E-state index contributed by atoms with van der Waals surface area (Å²) in [6, 6.07) is 11.5. The van der Waals surface area contributed by atoms with Crippen LogP contribution in [-0.4, -0.2) is 32.4 Å². The van der Waals surface area contributed by atoms with Crippen molar-refractivity contribution in [3.63, 3.8) is 0 Å². The minimum absolute atomic E-state index is 0.000278. The summed E-state index contributed by atoms with van der Waals surface area (Å²) < 4.78 is 0. The van der Waals surface area contributed by atoms with Crippen molar-refractivity contribution < 1.29 is 30.0 Å². The van der Waals surface area contributed by atoms with E-state index in [-0.39, 0.29) is 23.5 Å². The number of phenolic OH excluding ortho intramolecular Hbond substituents is 2. The van der Waals surface area contributed by atoms with E-state index in [9.17, 15) is 9.59 Å². The molecule has 0 saturated carbocycles. The average Bonchev–Trinajstić information content (AvgIpc) is 2.42. The van der Waals surface area contributed by atoms with Gasteiger partial charge in [0.2, 0.25) is 0 Å². The zero-order valence-electron chi connectivity index (χ0n) is 10.9. The van der Waals surface area contributed by atoms with E-state index in [2.05, 4.69) is 0 Å². The fraction of sp³-hybridized carbons (Fsp3) is 0.0667. The first-order chi connectivity index (χ1) is 9.88. The lowest BCUT2D eigenvalue weighted by Crippen LogP contribution is -1.98. The SMILES string of the molecule is O=C(O)Cc1ccc(O)cc1.O=C(O)c1ccc(O)cc1. The van der Waals surface area contributed by atoms with Crippen molar-refractivity contribution in [2.24, 2.45) is 0 Å². The van der Waals surface area contributed by atoms with Gasteiger partial charge in [0.25, 0.3) is 0 Å². The molecule has 110 valence electrons. The highest BCUT2D eigenvalue weighted by Crippen LogP contribution is 2.10. The Morgan fingerprint density at radius 3 is 1.57 bits per heavy atom. The Morgan fingerprint density at radius 1 is 0.762 bits per heavy atom. The Morgan fingerprint density at radius 2 is 1.19 bits per heavy atom. The van der Waals surface area contributed by atoms with Crippen LogP contribution in [0.1, 0.15) is 15.9 Å². The first-order valence-corrected chi connectivity index (χ1v) is 5.90. The van der Waals surface area contributed by atoms with Gasteiger partial charge in [-0.1, -0.05) is 12.1 Å². The second kappa shape index (κ2) is 7.54. The topological polar surface area (TPSA) is 115 Å². The third-order valence-corrected chi connectivity index (χ3v) is 2.41. The van der Waals surface area contributed by atoms with Crippen LogP contribution in [0.3, 0.4) is 0 Å². The number of benzene rings is 2. The normalized spacial score (nSPS) is 9.33. The van der Waals surface area contributed by atoms with Crippen molar-refractivity contribution in [3.8, 4) is 11.5 Å². The number of aromatic carboxylic acids is 1. The summed E-state index contributed by atoms with van der Waals surface area (Å²) >= 11 is 0. The maximum Gasteiger partial charge on any atom is 0.335 e. The summed E-state index contributed by atoms with van der Waals surface area (Å²) in [6.45, 7) is 0. The summed E-state index contributed by atoms with van der Waals surface area (Å²) in [5.41, 5.74) is 0.869. The quantitative estimate of drug-likeness (QED) is 0.688. The minimum atomic E-state index is -0.986. The van der Waals surface area contributed by atoms with Crippen molar-refractivity contribution in [2.45, 2.75) is 6.42 Å². The molecule has 21 heavy (non-hydrogen) atoms. The fourth-order valence-corrected chi connectivity index (χ4v) is 1.39. The van der Waals surface area contributed by atoms with Crippen LogP contribution in [0.25, 0.3) is 0 Å². The summed E-state index contributed by atoms with van der Waals surface area (Å²) in [7, 11) is 0. The predicted octanol–water partition coefficient (Wildman–Crippen LogP) is 2.11. The molecule has 0 saturated heterocycles. The van der Waals surface area contributed by atoms with Crippen LogP contribution >= 0.6 is 0 Å². The van der Waals surface area contributed by atoms with Gasteiger partial charge in [-0.15, -0.1) is 0 Å². The number of rotatable bonds is 3. The molecule has 0 amide bonds. The highest BCUT2D eigenvalue weighted by atomic mass is 16.4. The third kappa shape index (κ3) is 6.11. The monoisotopic (exact) mass is 290 g/mol. The maximum atomic E-state index is 10.2. The van der Waals surface area contributed by atoms with Crippen LogP contribution in [0.15, 0.2) is 48.5 Å². The number of carbonyl (C=O) groups is 2. The highest BCUT2D eigenvalue weighted by Gasteiger charge is 1.99. The number of aliphatic carboxylic acids is 1. The number of hydrogen-bond acceptors (Lipinski definition) is 4. The van der Waals surface area contributed by atoms with Gasteiger partial charge in [0.15, 0.2) is 0 Å². The van der Waals surface area contributed by atoms with Crippen LogP contribution < -0.4 is 0 Å². The van der Waals surface area contributed by atoms with Crippen molar-refractivity contribution in [2.75, 3.05) is 0 Å². The molecule has 0 aromatic heterocycles. The molecule has 6 heteroatoms. The second-order valence-corrected chi connectivity index (χ2v) is 4.09. The Kier molecular flexibility index (Phi) is 5.76. The van der Waals surface area contributed by atoms with E-state index in [1.54, 1.807) is 12.1 Å². The molecule has 6 nitrogen and oxygen atoms in total. The van der Waals surface area contributed by atoms with E-state index in [1.807, 2.05) is 0 Å². The molecule has 0 aliphatic heterocycles. The Balaban J connectivity index is 0.000000211. The largest absolute Gasteiger partial charge is 0.508 e. The molecule has 0 heterocycles. The summed E-state index contributed by atoms with van der Waals surface area (Å²) in [6.07, 6.45) is 0.000278. The Hall–Kier alpha value is -3.02. The average molecular weight is 290 g/mol. The van der Waals surface area contributed by atoms with Gasteiger partial charge in [0.1, 0.15) is 11.5 Å². The molecule has 0 aliphatic carbocycles. The third-order valence-electron chi connectivity index (χ3n) is 2.41. The summed E-state index contributed by atoms with van der Waals surface area (Å²) in [4.78, 5) is 20.4. The van der Waals surface area contributed by atoms with Crippen molar-refractivity contribution in [1.82, 2.24) is 0 Å². The smallest absolute Gasteiger partial charge is 0.335 e. The molecule has 2 rings (SSSR count). The van der Waals surface area contributed by atoms with Gasteiger partial charge in [-0.3, -0.25) is 4.79 Å². The number of carboxylic acids is 2. The molecule has 0 unspecified atom stereocenters. The van der Waals surface area contributed by atoms with Gasteiger partial charge < -0.3 is 20.4 Å². The second-order valence-electron chi connectivity index (χ2n) is 4.09. The van der Waals surface area contributed by atoms with E-state index in [0.29, 0.717) is 5.56 Å². The highest BCUT2D eigenvalue weighted by molar-refractivity contribution is 5.87. The van der Waals surface area contributed by atoms with Crippen LogP contribution in [0, 0.1) is 0 Å². The molecule has 0 spiro atoms. The first-order valence-electron chi connectivity index (χ1n) is 5.90. The van der Waals surface area contributed by atoms with E-state index in [0.717, 1.165) is 0 Å². The minimum Gasteiger partial charge on any atom is -0.508 e. The molecule has 0 radical (unpaired) electrons. The predicted molar refractivity (Wildman–Crippen MR) is 74.5 cm³/mol. The van der Waals surface area contributed by atoms with Crippen LogP contribution in [0.4, 0.5) is 0 Å². The lowest BCUT2D eigenvalue weighted by atomic mass is 10.1. The van der Waals surface area contributed by atoms with Gasteiger partial charge in [-0.25, -0.2) is 4.79 Å². The van der Waals surface area contributed by atoms with Crippen molar-refractivity contribution in [3.05, 3.63) is 59.7 Å². The first kappa shape index (κ1) is 16.0. The zero-order valence-corrected chi connectivity index (χ0v) is 10.9. The molecule has 0 atom stereocenters. The van der Waals surface area contributed by atoms with Gasteiger partial charge in [0, 0.05) is 0 Å². The Bertz CT molecular complexity index is 601. The number of phenols is 2. The number of aromatic hydroxyl groups is 2. The van der Waals surface area contributed by atoms with Crippen molar-refractivity contribution in [1.29, 1.82) is 0 Å². The lowest BCUT2D eigenvalue weighted by Gasteiger charge is -1.95. The standard InChI is InChI=1S/C8H8O3.C7H6O3/c9-7-3-1-6(2-4-7)5-8(10)11;8-6-3-1-5(2-4-6)7(9)10/h1-4,9H,5H2,(H,10,11);1-4,8H,(H,9,10). The molecule has 0 fully saturated rings. The van der Waals surface area contributed by atoms with Crippen LogP contribution in [0.2, 0.25) is 0 Å².